The van der Waals surface area contributed by atoms with Crippen LogP contribution in [0.15, 0.2) is 88.9 Å². The van der Waals surface area contributed by atoms with Crippen LogP contribution in [-0.4, -0.2) is 41.6 Å². The van der Waals surface area contributed by atoms with Gasteiger partial charge in [0, 0.05) is 12.7 Å². The van der Waals surface area contributed by atoms with E-state index in [4.69, 9.17) is 0 Å². The number of nitrogens with one attached hydrogen (secondary N) is 2. The number of aromatic hydroxyl groups is 1. The molecule has 0 aliphatic carbocycles. The van der Waals surface area contributed by atoms with Crippen LogP contribution in [0.2, 0.25) is 0 Å². The lowest BCUT2D eigenvalue weighted by atomic mass is 10.2. The van der Waals surface area contributed by atoms with Crippen LogP contribution < -0.4 is 15.1 Å². The summed E-state index contributed by atoms with van der Waals surface area (Å²) in [5, 5.41) is 10.3. The topological polar surface area (TPSA) is 152 Å². The summed E-state index contributed by atoms with van der Waals surface area (Å²) in [4.78, 5) is 15.9. The van der Waals surface area contributed by atoms with Crippen molar-refractivity contribution in [2.24, 2.45) is 0 Å². The van der Waals surface area contributed by atoms with Crippen molar-refractivity contribution in [1.82, 2.24) is 18.8 Å². The van der Waals surface area contributed by atoms with Crippen LogP contribution in [0.4, 0.5) is 18.9 Å². The molecule has 2 aromatic heterocycles. The van der Waals surface area contributed by atoms with Gasteiger partial charge in [-0.3, -0.25) is 14.3 Å². The van der Waals surface area contributed by atoms with Crippen molar-refractivity contribution in [3.63, 3.8) is 0 Å². The maximum atomic E-state index is 13.0. The third-order valence-corrected chi connectivity index (χ3v) is 7.97. The van der Waals surface area contributed by atoms with Crippen molar-refractivity contribution in [2.75, 3.05) is 4.72 Å². The van der Waals surface area contributed by atoms with Gasteiger partial charge < -0.3 is 5.11 Å². The van der Waals surface area contributed by atoms with Crippen molar-refractivity contribution in [3.8, 4) is 11.6 Å². The summed E-state index contributed by atoms with van der Waals surface area (Å²) in [7, 11) is -9.63. The summed E-state index contributed by atoms with van der Waals surface area (Å²) in [5.41, 5.74) is -5.34. The number of alkyl halides is 3. The highest BCUT2D eigenvalue weighted by Gasteiger charge is 2.46. The van der Waals surface area contributed by atoms with Crippen LogP contribution in [-0.2, 0) is 33.1 Å². The molecule has 0 aliphatic rings. The van der Waals surface area contributed by atoms with Crippen LogP contribution in [0.25, 0.3) is 5.69 Å². The summed E-state index contributed by atoms with van der Waals surface area (Å²) in [6, 6.07) is 13.4. The van der Waals surface area contributed by atoms with Gasteiger partial charge in [-0.2, -0.15) is 26.3 Å². The Morgan fingerprint density at radius 2 is 1.62 bits per heavy atom. The molecule has 0 amide bonds. The van der Waals surface area contributed by atoms with Gasteiger partial charge >= 0.3 is 11.2 Å². The van der Waals surface area contributed by atoms with Gasteiger partial charge in [0.15, 0.2) is 0 Å². The van der Waals surface area contributed by atoms with Gasteiger partial charge in [0.1, 0.15) is 0 Å². The van der Waals surface area contributed by atoms with E-state index in [9.17, 15) is 39.9 Å². The third kappa shape index (κ3) is 6.13. The molecule has 11 nitrogen and oxygen atoms in total. The van der Waals surface area contributed by atoms with E-state index in [2.05, 4.69) is 14.4 Å². The molecule has 206 valence electrons. The maximum absolute atomic E-state index is 13.0. The zero-order chi connectivity index (χ0) is 28.4. The molecule has 0 atom stereocenters. The maximum Gasteiger partial charge on any atom is 0.501 e. The molecule has 0 saturated heterocycles. The first-order chi connectivity index (χ1) is 18.3. The number of aromatic nitrogens is 3. The highest BCUT2D eigenvalue weighted by Crippen LogP contribution is 2.30. The molecular formula is C23H20F3N5O6S2. The summed E-state index contributed by atoms with van der Waals surface area (Å²) in [6.07, 6.45) is 3.64. The Labute approximate surface area is 220 Å². The highest BCUT2D eigenvalue weighted by atomic mass is 32.2. The van der Waals surface area contributed by atoms with Crippen LogP contribution >= 0.6 is 0 Å². The Kier molecular flexibility index (Phi) is 7.54. The van der Waals surface area contributed by atoms with Gasteiger partial charge in [0.25, 0.3) is 20.0 Å². The summed E-state index contributed by atoms with van der Waals surface area (Å²) in [6.45, 7) is -0.204. The SMILES string of the molecule is O=c1n(Cc2ccncc2NS(=O)(=O)NCc2ccccc2)cc(O)n1-c1ccc(S(=O)(=O)C(F)(F)F)cc1. The molecule has 4 aromatic rings. The van der Waals surface area contributed by atoms with Crippen LogP contribution in [0.3, 0.4) is 0 Å². The second-order valence-electron chi connectivity index (χ2n) is 8.12. The normalized spacial score (nSPS) is 12.4. The van der Waals surface area contributed by atoms with Crippen molar-refractivity contribution in [2.45, 2.75) is 23.5 Å². The highest BCUT2D eigenvalue weighted by molar-refractivity contribution is 7.92. The minimum absolute atomic E-state index is 0.0189. The van der Waals surface area contributed by atoms with Gasteiger partial charge in [-0.25, -0.2) is 17.8 Å². The van der Waals surface area contributed by atoms with E-state index in [1.807, 2.05) is 0 Å². The monoisotopic (exact) mass is 583 g/mol. The smallest absolute Gasteiger partial charge is 0.493 e. The second kappa shape index (κ2) is 10.5. The lowest BCUT2D eigenvalue weighted by molar-refractivity contribution is -0.0436. The first kappa shape index (κ1) is 27.9. The molecule has 0 spiro atoms. The van der Waals surface area contributed by atoms with E-state index in [0.29, 0.717) is 17.7 Å². The molecule has 39 heavy (non-hydrogen) atoms. The van der Waals surface area contributed by atoms with E-state index in [1.54, 1.807) is 30.3 Å². The van der Waals surface area contributed by atoms with Crippen LogP contribution in [0.5, 0.6) is 5.88 Å². The second-order valence-corrected chi connectivity index (χ2v) is 11.6. The standard InChI is InChI=1S/C23H20F3N5O6S2/c24-23(25,26)38(34,35)19-8-6-18(7-9-19)31-21(32)15-30(22(31)33)14-17-10-11-27-13-20(17)29-39(36,37)28-12-16-4-2-1-3-5-16/h1-11,13,15,28-29,32H,12,14H2. The Balaban J connectivity index is 1.56. The van der Waals surface area contributed by atoms with Crippen molar-refractivity contribution in [1.29, 1.82) is 0 Å². The largest absolute Gasteiger partial charge is 0.501 e. The number of pyridine rings is 1. The predicted octanol–water partition coefficient (Wildman–Crippen LogP) is 2.53. The predicted molar refractivity (Wildman–Crippen MR) is 134 cm³/mol. The first-order valence-electron chi connectivity index (χ1n) is 11.0. The Morgan fingerprint density at radius 3 is 2.26 bits per heavy atom. The van der Waals surface area contributed by atoms with E-state index in [-0.39, 0.29) is 24.5 Å². The Hall–Kier alpha value is -4.15. The molecule has 0 saturated carbocycles. The van der Waals surface area contributed by atoms with Crippen LogP contribution in [0, 0.1) is 0 Å². The summed E-state index contributed by atoms with van der Waals surface area (Å²) < 4.78 is 93.2. The molecular weight excluding hydrogens is 563 g/mol. The van der Waals surface area contributed by atoms with Crippen molar-refractivity contribution >= 4 is 25.7 Å². The van der Waals surface area contributed by atoms with Gasteiger partial charge in [0.2, 0.25) is 5.88 Å². The molecule has 0 radical (unpaired) electrons. The lowest BCUT2D eigenvalue weighted by Gasteiger charge is -2.13. The summed E-state index contributed by atoms with van der Waals surface area (Å²) >= 11 is 0. The number of hydrogen-bond acceptors (Lipinski definition) is 7. The number of rotatable bonds is 9. The molecule has 0 bridgehead atoms. The van der Waals surface area contributed by atoms with Gasteiger partial charge in [-0.05, 0) is 41.5 Å². The first-order valence-corrected chi connectivity index (χ1v) is 13.9. The fourth-order valence-corrected chi connectivity index (χ4v) is 5.20. The molecule has 4 rings (SSSR count). The minimum Gasteiger partial charge on any atom is -0.493 e. The number of anilines is 1. The number of sulfone groups is 1. The lowest BCUT2D eigenvalue weighted by Crippen LogP contribution is -2.30. The zero-order valence-electron chi connectivity index (χ0n) is 19.7. The molecule has 2 aromatic carbocycles. The molecule has 2 heterocycles. The third-order valence-electron chi connectivity index (χ3n) is 5.45. The number of imidazole rings is 1. The molecule has 3 N–H and O–H groups in total. The average molecular weight is 584 g/mol. The van der Waals surface area contributed by atoms with Crippen molar-refractivity contribution in [3.05, 3.63) is 101 Å². The molecule has 0 fully saturated rings. The number of hydrogen-bond donors (Lipinski definition) is 3. The molecule has 0 aliphatic heterocycles. The van der Waals surface area contributed by atoms with Crippen molar-refractivity contribution < 1.29 is 35.1 Å². The quantitative estimate of drug-likeness (QED) is 0.274. The number of nitrogens with zero attached hydrogens (tertiary/aromatic N) is 3. The Morgan fingerprint density at radius 1 is 0.949 bits per heavy atom. The van der Waals surface area contributed by atoms with E-state index < -0.39 is 42.0 Å². The van der Waals surface area contributed by atoms with E-state index in [1.165, 1.54) is 18.5 Å². The fraction of sp³-hybridized carbons (Fsp3) is 0.130. The van der Waals surface area contributed by atoms with Gasteiger partial charge in [-0.15, -0.1) is 0 Å². The number of benzene rings is 2. The van der Waals surface area contributed by atoms with Gasteiger partial charge in [-0.1, -0.05) is 30.3 Å². The zero-order valence-corrected chi connectivity index (χ0v) is 21.3. The van der Waals surface area contributed by atoms with E-state index >= 15 is 0 Å². The number of halogens is 3. The fourth-order valence-electron chi connectivity index (χ4n) is 3.53. The molecule has 16 heteroatoms. The minimum atomic E-state index is -5.59. The summed E-state index contributed by atoms with van der Waals surface area (Å²) in [5.74, 6) is -0.591. The van der Waals surface area contributed by atoms with E-state index in [0.717, 1.165) is 33.0 Å². The molecule has 0 unspecified atom stereocenters. The van der Waals surface area contributed by atoms with Gasteiger partial charge in [0.05, 0.1) is 35.2 Å². The average Bonchev–Trinajstić information content (AvgIpc) is 3.16. The Bertz CT molecular complexity index is 1750. The van der Waals surface area contributed by atoms with Crippen LogP contribution in [0.1, 0.15) is 11.1 Å².